The lowest BCUT2D eigenvalue weighted by molar-refractivity contribution is 0.107. The summed E-state index contributed by atoms with van der Waals surface area (Å²) in [6.45, 7) is 6.17. The van der Waals surface area contributed by atoms with Crippen molar-refractivity contribution < 1.29 is 13.2 Å². The van der Waals surface area contributed by atoms with Crippen molar-refractivity contribution in [3.05, 3.63) is 77.7 Å². The molecule has 0 radical (unpaired) electrons. The Balaban J connectivity index is 2.04. The Hall–Kier alpha value is -2.44. The van der Waals surface area contributed by atoms with Gasteiger partial charge in [0.25, 0.3) is 6.71 Å². The molecule has 0 aromatic heterocycles. The summed E-state index contributed by atoms with van der Waals surface area (Å²) in [4.78, 5) is 13.0. The summed E-state index contributed by atoms with van der Waals surface area (Å²) in [6, 6.07) is 12.6. The van der Waals surface area contributed by atoms with Crippen LogP contribution in [0.4, 0.5) is 0 Å². The van der Waals surface area contributed by atoms with Gasteiger partial charge in [0.2, 0.25) is 10.0 Å². The Morgan fingerprint density at radius 1 is 1.00 bits per heavy atom. The highest BCUT2D eigenvalue weighted by Gasteiger charge is 2.26. The third-order valence-corrected chi connectivity index (χ3v) is 7.17. The van der Waals surface area contributed by atoms with E-state index >= 15 is 0 Å². The normalized spacial score (nSPS) is 13.5. The van der Waals surface area contributed by atoms with E-state index < -0.39 is 10.0 Å². The fourth-order valence-corrected chi connectivity index (χ4v) is 5.20. The summed E-state index contributed by atoms with van der Waals surface area (Å²) >= 11 is 0. The molecule has 0 amide bonds. The van der Waals surface area contributed by atoms with Crippen LogP contribution in [0.3, 0.4) is 0 Å². The summed E-state index contributed by atoms with van der Waals surface area (Å²) in [5.41, 5.74) is 2.99. The third kappa shape index (κ3) is 3.75. The molecule has 2 aromatic carbocycles. The minimum absolute atomic E-state index is 0.0538. The number of carbonyl (C=O) groups excluding carboxylic acids is 1. The molecule has 1 aliphatic heterocycles. The van der Waals surface area contributed by atoms with Gasteiger partial charge < -0.3 is 4.79 Å². The van der Waals surface area contributed by atoms with Gasteiger partial charge in [-0.15, -0.1) is 12.0 Å². The molecule has 2 aromatic rings. The number of sulfonamides is 1. The van der Waals surface area contributed by atoms with E-state index in [0.29, 0.717) is 29.1 Å². The van der Waals surface area contributed by atoms with E-state index in [-0.39, 0.29) is 12.4 Å². The first-order valence-electron chi connectivity index (χ1n) is 9.49. The van der Waals surface area contributed by atoms with Crippen LogP contribution < -0.4 is 0 Å². The maximum atomic E-state index is 13.1. The van der Waals surface area contributed by atoms with Crippen molar-refractivity contribution >= 4 is 22.4 Å². The van der Waals surface area contributed by atoms with Gasteiger partial charge in [0.15, 0.2) is 0 Å². The van der Waals surface area contributed by atoms with Crippen molar-refractivity contribution in [3.8, 4) is 11.1 Å². The highest BCUT2D eigenvalue weighted by atomic mass is 32.2. The van der Waals surface area contributed by atoms with E-state index in [1.807, 2.05) is 69.1 Å². The lowest BCUT2D eigenvalue weighted by atomic mass is 9.47. The second kappa shape index (κ2) is 8.29. The number of nitrogens with zero attached hydrogens (tertiary/aromatic N) is 1. The van der Waals surface area contributed by atoms with Crippen LogP contribution in [-0.4, -0.2) is 38.2 Å². The number of rotatable bonds is 7. The second-order valence-electron chi connectivity index (χ2n) is 6.78. The quantitative estimate of drug-likeness (QED) is 0.666. The number of allylic oxidation sites excluding steroid dienone is 2. The highest BCUT2D eigenvalue weighted by molar-refractivity contribution is 7.89. The molecule has 144 valence electrons. The van der Waals surface area contributed by atoms with Crippen LogP contribution in [0.15, 0.2) is 71.5 Å². The SMILES string of the molecule is CCN(CC)S(=O)(=O)c1ccccc1-c1ccc(C(=O)B2C=CC=C2)c(C)c1. The van der Waals surface area contributed by atoms with Crippen molar-refractivity contribution in [1.29, 1.82) is 0 Å². The van der Waals surface area contributed by atoms with E-state index in [9.17, 15) is 13.2 Å². The Kier molecular flexibility index (Phi) is 6.01. The Morgan fingerprint density at radius 3 is 2.25 bits per heavy atom. The summed E-state index contributed by atoms with van der Waals surface area (Å²) in [7, 11) is -3.58. The Bertz CT molecular complexity index is 1040. The molecule has 1 heterocycles. The summed E-state index contributed by atoms with van der Waals surface area (Å²) in [5, 5.41) is 0. The molecule has 0 bridgehead atoms. The van der Waals surface area contributed by atoms with E-state index in [4.69, 9.17) is 0 Å². The molecule has 1 aliphatic rings. The topological polar surface area (TPSA) is 54.5 Å². The first-order valence-corrected chi connectivity index (χ1v) is 10.9. The zero-order valence-electron chi connectivity index (χ0n) is 16.4. The van der Waals surface area contributed by atoms with Gasteiger partial charge in [0.05, 0.1) is 4.90 Å². The van der Waals surface area contributed by atoms with Gasteiger partial charge >= 0.3 is 0 Å². The largest absolute Gasteiger partial charge is 0.305 e. The fourth-order valence-electron chi connectivity index (χ4n) is 3.53. The number of hydrogen-bond donors (Lipinski definition) is 0. The molecule has 0 saturated heterocycles. The van der Waals surface area contributed by atoms with Gasteiger partial charge in [-0.3, -0.25) is 0 Å². The van der Waals surface area contributed by atoms with Crippen molar-refractivity contribution in [3.63, 3.8) is 0 Å². The van der Waals surface area contributed by atoms with Gasteiger partial charge in [0, 0.05) is 24.2 Å². The molecule has 0 saturated carbocycles. The molecule has 4 nitrogen and oxygen atoms in total. The van der Waals surface area contributed by atoms with Crippen molar-refractivity contribution in [2.45, 2.75) is 25.7 Å². The van der Waals surface area contributed by atoms with Gasteiger partial charge in [-0.2, -0.15) is 4.31 Å². The molecule has 0 spiro atoms. The van der Waals surface area contributed by atoms with Crippen molar-refractivity contribution in [2.24, 2.45) is 0 Å². The highest BCUT2D eigenvalue weighted by Crippen LogP contribution is 2.31. The lowest BCUT2D eigenvalue weighted by Crippen LogP contribution is -2.31. The molecule has 0 unspecified atom stereocenters. The molecule has 0 aliphatic carbocycles. The molecule has 0 N–H and O–H groups in total. The van der Waals surface area contributed by atoms with Crippen molar-refractivity contribution in [2.75, 3.05) is 13.1 Å². The number of carbonyl (C=O) groups is 1. The molecule has 6 heteroatoms. The lowest BCUT2D eigenvalue weighted by Gasteiger charge is -2.21. The standard InChI is InChI=1S/C22H24BNO3S/c1-4-24(5-2)28(26,27)21-11-7-6-10-20(21)18-12-13-19(17(3)16-18)22(25)23-14-8-9-15-23/h6-16H,4-5H2,1-3H3. The Morgan fingerprint density at radius 2 is 1.64 bits per heavy atom. The maximum absolute atomic E-state index is 13.1. The average Bonchev–Trinajstić information content (AvgIpc) is 3.23. The zero-order chi connectivity index (χ0) is 20.3. The average molecular weight is 393 g/mol. The van der Waals surface area contributed by atoms with Crippen LogP contribution in [0.5, 0.6) is 0 Å². The van der Waals surface area contributed by atoms with E-state index in [1.54, 1.807) is 18.2 Å². The molecule has 28 heavy (non-hydrogen) atoms. The van der Waals surface area contributed by atoms with Gasteiger partial charge in [0.1, 0.15) is 5.68 Å². The van der Waals surface area contributed by atoms with Gasteiger partial charge in [-0.1, -0.05) is 62.4 Å². The molecule has 0 fully saturated rings. The van der Waals surface area contributed by atoms with Crippen LogP contribution in [-0.2, 0) is 10.0 Å². The summed E-state index contributed by atoms with van der Waals surface area (Å²) in [6.07, 6.45) is 3.75. The van der Waals surface area contributed by atoms with Crippen LogP contribution >= 0.6 is 0 Å². The number of benzene rings is 2. The van der Waals surface area contributed by atoms with Crippen LogP contribution in [0.1, 0.15) is 29.8 Å². The van der Waals surface area contributed by atoms with E-state index in [2.05, 4.69) is 0 Å². The van der Waals surface area contributed by atoms with Crippen molar-refractivity contribution in [1.82, 2.24) is 4.31 Å². The molecular weight excluding hydrogens is 369 g/mol. The predicted octanol–water partition coefficient (Wildman–Crippen LogP) is 4.11. The smallest absolute Gasteiger partial charge is 0.280 e. The van der Waals surface area contributed by atoms with Crippen LogP contribution in [0.2, 0.25) is 0 Å². The molecule has 3 rings (SSSR count). The number of aryl methyl sites for hydroxylation is 1. The van der Waals surface area contributed by atoms with Crippen LogP contribution in [0, 0.1) is 6.92 Å². The number of hydrogen-bond acceptors (Lipinski definition) is 3. The minimum Gasteiger partial charge on any atom is -0.305 e. The molecule has 0 atom stereocenters. The maximum Gasteiger partial charge on any atom is 0.280 e. The predicted molar refractivity (Wildman–Crippen MR) is 115 cm³/mol. The fraction of sp³-hybridized carbons (Fsp3) is 0.227. The first-order chi connectivity index (χ1) is 13.4. The third-order valence-electron chi connectivity index (χ3n) is 5.06. The van der Waals surface area contributed by atoms with Crippen LogP contribution in [0.25, 0.3) is 11.1 Å². The first kappa shape index (κ1) is 20.3. The monoisotopic (exact) mass is 393 g/mol. The summed E-state index contributed by atoms with van der Waals surface area (Å²) in [5.74, 6) is 3.75. The van der Waals surface area contributed by atoms with Gasteiger partial charge in [-0.25, -0.2) is 8.42 Å². The minimum atomic E-state index is -3.58. The van der Waals surface area contributed by atoms with Gasteiger partial charge in [-0.05, 0) is 24.1 Å². The second-order valence-corrected chi connectivity index (χ2v) is 8.68. The van der Waals surface area contributed by atoms with E-state index in [0.717, 1.165) is 11.1 Å². The molecular formula is C22H24BNO3S. The van der Waals surface area contributed by atoms with E-state index in [1.165, 1.54) is 4.31 Å². The summed E-state index contributed by atoms with van der Waals surface area (Å²) < 4.78 is 27.6. The Labute approximate surface area is 167 Å². The zero-order valence-corrected chi connectivity index (χ0v) is 17.2.